The summed E-state index contributed by atoms with van der Waals surface area (Å²) in [5, 5.41) is 2.89. The van der Waals surface area contributed by atoms with Gasteiger partial charge in [-0.05, 0) is 24.3 Å². The molecule has 2 aromatic rings. The Morgan fingerprint density at radius 3 is 2.69 bits per heavy atom. The van der Waals surface area contributed by atoms with Gasteiger partial charge in [0.25, 0.3) is 0 Å². The van der Waals surface area contributed by atoms with Crippen molar-refractivity contribution in [2.75, 3.05) is 44.2 Å². The lowest BCUT2D eigenvalue weighted by Gasteiger charge is -2.17. The van der Waals surface area contributed by atoms with Gasteiger partial charge in [0.2, 0.25) is 11.8 Å². The van der Waals surface area contributed by atoms with E-state index in [4.69, 9.17) is 14.2 Å². The van der Waals surface area contributed by atoms with Crippen molar-refractivity contribution >= 4 is 23.2 Å². The summed E-state index contributed by atoms with van der Waals surface area (Å²) in [7, 11) is 3.23. The maximum absolute atomic E-state index is 12.7. The zero-order valence-corrected chi connectivity index (χ0v) is 16.7. The summed E-state index contributed by atoms with van der Waals surface area (Å²) in [6.45, 7) is 1.51. The summed E-state index contributed by atoms with van der Waals surface area (Å²) in [5.74, 6) is 0.679. The molecule has 7 nitrogen and oxygen atoms in total. The van der Waals surface area contributed by atoms with Crippen LogP contribution in [0.5, 0.6) is 11.5 Å². The van der Waals surface area contributed by atoms with E-state index in [-0.39, 0.29) is 18.2 Å². The Kier molecular flexibility index (Phi) is 7.08. The molecule has 29 heavy (non-hydrogen) atoms. The molecule has 0 aliphatic carbocycles. The van der Waals surface area contributed by atoms with E-state index in [1.165, 1.54) is 0 Å². The van der Waals surface area contributed by atoms with Crippen LogP contribution in [0.2, 0.25) is 0 Å². The summed E-state index contributed by atoms with van der Waals surface area (Å²) >= 11 is 0. The third kappa shape index (κ3) is 5.48. The molecular formula is C22H26N2O5. The van der Waals surface area contributed by atoms with Crippen LogP contribution >= 0.6 is 0 Å². The van der Waals surface area contributed by atoms with Crippen LogP contribution in [0.25, 0.3) is 0 Å². The molecular weight excluding hydrogens is 372 g/mol. The van der Waals surface area contributed by atoms with Gasteiger partial charge in [-0.15, -0.1) is 0 Å². The van der Waals surface area contributed by atoms with Crippen molar-refractivity contribution in [2.24, 2.45) is 5.92 Å². The van der Waals surface area contributed by atoms with Gasteiger partial charge in [-0.2, -0.15) is 0 Å². The largest absolute Gasteiger partial charge is 0.497 e. The molecule has 1 fully saturated rings. The number of rotatable bonds is 9. The molecule has 2 aromatic carbocycles. The smallest absolute Gasteiger partial charge is 0.229 e. The Labute approximate surface area is 170 Å². The lowest BCUT2D eigenvalue weighted by Crippen LogP contribution is -2.28. The Hall–Kier alpha value is -3.06. The van der Waals surface area contributed by atoms with Gasteiger partial charge in [0.15, 0.2) is 0 Å². The second-order valence-corrected chi connectivity index (χ2v) is 6.82. The second kappa shape index (κ2) is 9.93. The number of hydrogen-bond acceptors (Lipinski definition) is 5. The summed E-state index contributed by atoms with van der Waals surface area (Å²) in [6, 6.07) is 14.5. The molecule has 1 N–H and O–H groups in total. The van der Waals surface area contributed by atoms with Crippen LogP contribution in [0.4, 0.5) is 11.4 Å². The van der Waals surface area contributed by atoms with Crippen LogP contribution in [-0.4, -0.2) is 45.8 Å². The summed E-state index contributed by atoms with van der Waals surface area (Å²) < 4.78 is 15.9. The Morgan fingerprint density at radius 2 is 1.90 bits per heavy atom. The molecule has 2 amide bonds. The molecule has 0 spiro atoms. The van der Waals surface area contributed by atoms with E-state index in [0.717, 1.165) is 12.1 Å². The van der Waals surface area contributed by atoms with E-state index in [9.17, 15) is 9.59 Å². The molecule has 1 atom stereocenters. The van der Waals surface area contributed by atoms with Crippen LogP contribution in [0, 0.1) is 5.92 Å². The number of anilines is 2. The highest BCUT2D eigenvalue weighted by Gasteiger charge is 2.35. The zero-order valence-electron chi connectivity index (χ0n) is 16.7. The monoisotopic (exact) mass is 398 g/mol. The first-order valence-electron chi connectivity index (χ1n) is 9.58. The number of nitrogens with zero attached hydrogens (tertiary/aromatic N) is 1. The number of amides is 2. The average Bonchev–Trinajstić information content (AvgIpc) is 3.13. The molecule has 154 valence electrons. The molecule has 0 aromatic heterocycles. The van der Waals surface area contributed by atoms with Crippen molar-refractivity contribution in [3.8, 4) is 11.5 Å². The van der Waals surface area contributed by atoms with E-state index in [1.54, 1.807) is 37.3 Å². The highest BCUT2D eigenvalue weighted by atomic mass is 16.5. The molecule has 1 unspecified atom stereocenters. The van der Waals surface area contributed by atoms with Gasteiger partial charge in [0.05, 0.1) is 19.6 Å². The van der Waals surface area contributed by atoms with Gasteiger partial charge in [-0.3, -0.25) is 9.59 Å². The SMILES string of the molecule is COCCCOc1cccc(NC(=O)C2CC(=O)N(c3cccc(OC)c3)C2)c1. The Balaban J connectivity index is 1.59. The molecule has 1 heterocycles. The van der Waals surface area contributed by atoms with Crippen molar-refractivity contribution in [3.05, 3.63) is 48.5 Å². The maximum atomic E-state index is 12.7. The molecule has 1 aliphatic rings. The fraction of sp³-hybridized carbons (Fsp3) is 0.364. The van der Waals surface area contributed by atoms with E-state index < -0.39 is 5.92 Å². The maximum Gasteiger partial charge on any atom is 0.229 e. The molecule has 1 aliphatic heterocycles. The molecule has 3 rings (SSSR count). The first-order chi connectivity index (χ1) is 14.1. The number of nitrogens with one attached hydrogen (secondary N) is 1. The predicted octanol–water partition coefficient (Wildman–Crippen LogP) is 3.10. The third-order valence-electron chi connectivity index (χ3n) is 4.72. The fourth-order valence-electron chi connectivity index (χ4n) is 3.21. The first-order valence-corrected chi connectivity index (χ1v) is 9.58. The van der Waals surface area contributed by atoms with Crippen LogP contribution in [0.1, 0.15) is 12.8 Å². The number of carbonyl (C=O) groups excluding carboxylic acids is 2. The standard InChI is InChI=1S/C22H26N2O5/c1-27-10-5-11-29-20-9-3-6-17(13-20)23-22(26)16-12-21(25)24(15-16)18-7-4-8-19(14-18)28-2/h3-4,6-9,13-14,16H,5,10-12,15H2,1-2H3,(H,23,26). The van der Waals surface area contributed by atoms with E-state index >= 15 is 0 Å². The van der Waals surface area contributed by atoms with E-state index in [1.807, 2.05) is 30.3 Å². The third-order valence-corrected chi connectivity index (χ3v) is 4.72. The van der Waals surface area contributed by atoms with E-state index in [0.29, 0.717) is 36.9 Å². The van der Waals surface area contributed by atoms with Crippen molar-refractivity contribution in [1.82, 2.24) is 0 Å². The molecule has 0 saturated carbocycles. The summed E-state index contributed by atoms with van der Waals surface area (Å²) in [5.41, 5.74) is 1.38. The minimum absolute atomic E-state index is 0.0753. The normalized spacial score (nSPS) is 16.0. The number of carbonyl (C=O) groups is 2. The summed E-state index contributed by atoms with van der Waals surface area (Å²) in [6.07, 6.45) is 0.966. The number of methoxy groups -OCH3 is 2. The van der Waals surface area contributed by atoms with Crippen LogP contribution in [-0.2, 0) is 14.3 Å². The quantitative estimate of drug-likeness (QED) is 0.657. The zero-order chi connectivity index (χ0) is 20.6. The van der Waals surface area contributed by atoms with Gasteiger partial charge < -0.3 is 24.4 Å². The Bertz CT molecular complexity index is 855. The fourth-order valence-corrected chi connectivity index (χ4v) is 3.21. The van der Waals surface area contributed by atoms with Gasteiger partial charge in [-0.1, -0.05) is 12.1 Å². The topological polar surface area (TPSA) is 77.1 Å². The lowest BCUT2D eigenvalue weighted by atomic mass is 10.1. The van der Waals surface area contributed by atoms with Gasteiger partial charge in [0, 0.05) is 56.6 Å². The second-order valence-electron chi connectivity index (χ2n) is 6.82. The van der Waals surface area contributed by atoms with E-state index in [2.05, 4.69) is 5.32 Å². The van der Waals surface area contributed by atoms with Crippen molar-refractivity contribution in [1.29, 1.82) is 0 Å². The highest BCUT2D eigenvalue weighted by molar-refractivity contribution is 6.03. The van der Waals surface area contributed by atoms with Gasteiger partial charge >= 0.3 is 0 Å². The van der Waals surface area contributed by atoms with Gasteiger partial charge in [0.1, 0.15) is 11.5 Å². The molecule has 7 heteroatoms. The molecule has 1 saturated heterocycles. The van der Waals surface area contributed by atoms with Crippen LogP contribution in [0.3, 0.4) is 0 Å². The minimum Gasteiger partial charge on any atom is -0.497 e. The van der Waals surface area contributed by atoms with Crippen LogP contribution < -0.4 is 19.7 Å². The number of hydrogen-bond donors (Lipinski definition) is 1. The predicted molar refractivity (Wildman–Crippen MR) is 111 cm³/mol. The minimum atomic E-state index is -0.417. The molecule has 0 radical (unpaired) electrons. The van der Waals surface area contributed by atoms with Crippen LogP contribution in [0.15, 0.2) is 48.5 Å². The number of benzene rings is 2. The number of ether oxygens (including phenoxy) is 3. The average molecular weight is 398 g/mol. The Morgan fingerprint density at radius 1 is 1.10 bits per heavy atom. The first kappa shape index (κ1) is 20.7. The summed E-state index contributed by atoms with van der Waals surface area (Å²) in [4.78, 5) is 26.8. The molecule has 0 bridgehead atoms. The van der Waals surface area contributed by atoms with Crippen molar-refractivity contribution < 1.29 is 23.8 Å². The van der Waals surface area contributed by atoms with Crippen molar-refractivity contribution in [2.45, 2.75) is 12.8 Å². The highest BCUT2D eigenvalue weighted by Crippen LogP contribution is 2.29. The van der Waals surface area contributed by atoms with Crippen molar-refractivity contribution in [3.63, 3.8) is 0 Å². The lowest BCUT2D eigenvalue weighted by molar-refractivity contribution is -0.122. The van der Waals surface area contributed by atoms with Gasteiger partial charge in [-0.25, -0.2) is 0 Å².